The van der Waals surface area contributed by atoms with Gasteiger partial charge in [0.05, 0.1) is 0 Å². The van der Waals surface area contributed by atoms with Crippen molar-refractivity contribution in [3.63, 3.8) is 0 Å². The lowest BCUT2D eigenvalue weighted by atomic mass is 9.81. The van der Waals surface area contributed by atoms with Gasteiger partial charge in [0, 0.05) is 11.6 Å². The quantitative estimate of drug-likeness (QED) is 0.673. The van der Waals surface area contributed by atoms with Crippen LogP contribution in [0.5, 0.6) is 11.5 Å². The zero-order chi connectivity index (χ0) is 11.5. The average molecular weight is 221 g/mol. The Morgan fingerprint density at radius 2 is 1.81 bits per heavy atom. The maximum absolute atomic E-state index is 9.74. The largest absolute Gasteiger partial charge is 0.508 e. The summed E-state index contributed by atoms with van der Waals surface area (Å²) in [7, 11) is 0. The molecule has 1 saturated carbocycles. The Balaban J connectivity index is 2.18. The van der Waals surface area contributed by atoms with Crippen LogP contribution in [0.15, 0.2) is 18.2 Å². The highest BCUT2D eigenvalue weighted by Gasteiger charge is 2.23. The van der Waals surface area contributed by atoms with Crippen molar-refractivity contribution in [1.82, 2.24) is 0 Å². The Hall–Kier alpha value is -1.22. The van der Waals surface area contributed by atoms with Crippen LogP contribution in [0.2, 0.25) is 0 Å². The van der Waals surface area contributed by atoms with E-state index >= 15 is 0 Å². The van der Waals surface area contributed by atoms with Gasteiger partial charge < -0.3 is 15.9 Å². The van der Waals surface area contributed by atoms with Crippen molar-refractivity contribution in [2.75, 3.05) is 0 Å². The van der Waals surface area contributed by atoms with Crippen molar-refractivity contribution in [1.29, 1.82) is 0 Å². The van der Waals surface area contributed by atoms with Crippen molar-refractivity contribution in [2.45, 2.75) is 38.1 Å². The summed E-state index contributed by atoms with van der Waals surface area (Å²) in [6, 6.07) is 4.40. The SMILES string of the molecule is N[C@H](c1cc(O)ccc1O)C1CCCCC1. The first-order valence-electron chi connectivity index (χ1n) is 5.96. The maximum Gasteiger partial charge on any atom is 0.120 e. The van der Waals surface area contributed by atoms with Gasteiger partial charge in [-0.05, 0) is 37.0 Å². The van der Waals surface area contributed by atoms with Crippen LogP contribution in [0, 0.1) is 5.92 Å². The fourth-order valence-corrected chi connectivity index (χ4v) is 2.56. The highest BCUT2D eigenvalue weighted by atomic mass is 16.3. The molecule has 0 aliphatic heterocycles. The summed E-state index contributed by atoms with van der Waals surface area (Å²) in [6.07, 6.45) is 5.97. The molecule has 1 atom stereocenters. The van der Waals surface area contributed by atoms with Gasteiger partial charge in [-0.15, -0.1) is 0 Å². The number of phenols is 2. The van der Waals surface area contributed by atoms with Crippen molar-refractivity contribution in [2.24, 2.45) is 11.7 Å². The molecular formula is C13H19NO2. The highest BCUT2D eigenvalue weighted by Crippen LogP contribution is 2.37. The van der Waals surface area contributed by atoms with E-state index in [1.807, 2.05) is 0 Å². The molecule has 0 aromatic heterocycles. The van der Waals surface area contributed by atoms with E-state index in [4.69, 9.17) is 5.73 Å². The fourth-order valence-electron chi connectivity index (χ4n) is 2.56. The molecule has 1 aromatic carbocycles. The van der Waals surface area contributed by atoms with Crippen molar-refractivity contribution in [3.8, 4) is 11.5 Å². The Kier molecular flexibility index (Phi) is 3.34. The first-order chi connectivity index (χ1) is 7.68. The summed E-state index contributed by atoms with van der Waals surface area (Å²) < 4.78 is 0. The molecule has 0 heterocycles. The van der Waals surface area contributed by atoms with E-state index in [0.717, 1.165) is 12.8 Å². The Morgan fingerprint density at radius 3 is 2.50 bits per heavy atom. The molecule has 1 aliphatic carbocycles. The molecule has 3 nitrogen and oxygen atoms in total. The molecule has 0 bridgehead atoms. The molecular weight excluding hydrogens is 202 g/mol. The van der Waals surface area contributed by atoms with Gasteiger partial charge in [-0.1, -0.05) is 19.3 Å². The monoisotopic (exact) mass is 221 g/mol. The third kappa shape index (κ3) is 2.30. The molecule has 3 heteroatoms. The van der Waals surface area contributed by atoms with E-state index in [0.29, 0.717) is 11.5 Å². The van der Waals surface area contributed by atoms with Crippen molar-refractivity contribution < 1.29 is 10.2 Å². The van der Waals surface area contributed by atoms with Crippen LogP contribution in [0.1, 0.15) is 43.7 Å². The molecule has 0 radical (unpaired) electrons. The van der Waals surface area contributed by atoms with Gasteiger partial charge in [-0.2, -0.15) is 0 Å². The molecule has 1 aliphatic rings. The minimum atomic E-state index is -0.160. The Bertz CT molecular complexity index is 359. The standard InChI is InChI=1S/C13H19NO2/c14-13(9-4-2-1-3-5-9)11-8-10(15)6-7-12(11)16/h6-9,13,15-16H,1-5,14H2/t13-/m0/s1. The fraction of sp³-hybridized carbons (Fsp3) is 0.538. The first kappa shape index (κ1) is 11.3. The van der Waals surface area contributed by atoms with Crippen LogP contribution in [-0.4, -0.2) is 10.2 Å². The van der Waals surface area contributed by atoms with E-state index in [2.05, 4.69) is 0 Å². The third-order valence-corrected chi connectivity index (χ3v) is 3.53. The van der Waals surface area contributed by atoms with Crippen LogP contribution in [0.3, 0.4) is 0 Å². The van der Waals surface area contributed by atoms with E-state index in [1.165, 1.54) is 31.4 Å². The zero-order valence-electron chi connectivity index (χ0n) is 9.39. The lowest BCUT2D eigenvalue weighted by molar-refractivity contribution is 0.302. The molecule has 16 heavy (non-hydrogen) atoms. The third-order valence-electron chi connectivity index (χ3n) is 3.53. The van der Waals surface area contributed by atoms with E-state index in [-0.39, 0.29) is 17.5 Å². The molecule has 0 amide bonds. The molecule has 4 N–H and O–H groups in total. The molecule has 0 spiro atoms. The Labute approximate surface area is 95.9 Å². The topological polar surface area (TPSA) is 66.5 Å². The molecule has 0 saturated heterocycles. The van der Waals surface area contributed by atoms with Crippen molar-refractivity contribution >= 4 is 0 Å². The number of aromatic hydroxyl groups is 2. The van der Waals surface area contributed by atoms with Crippen LogP contribution >= 0.6 is 0 Å². The zero-order valence-corrected chi connectivity index (χ0v) is 9.39. The normalized spacial score (nSPS) is 19.6. The highest BCUT2D eigenvalue weighted by molar-refractivity contribution is 5.40. The summed E-state index contributed by atoms with van der Waals surface area (Å²) in [4.78, 5) is 0. The van der Waals surface area contributed by atoms with Crippen LogP contribution in [0.25, 0.3) is 0 Å². The number of nitrogens with two attached hydrogens (primary N) is 1. The molecule has 2 rings (SSSR count). The predicted octanol–water partition coefficient (Wildman–Crippen LogP) is 2.68. The van der Waals surface area contributed by atoms with Gasteiger partial charge in [-0.25, -0.2) is 0 Å². The van der Waals surface area contributed by atoms with E-state index in [9.17, 15) is 10.2 Å². The van der Waals surface area contributed by atoms with Gasteiger partial charge >= 0.3 is 0 Å². The van der Waals surface area contributed by atoms with Gasteiger partial charge in [-0.3, -0.25) is 0 Å². The number of phenolic OH excluding ortho intramolecular Hbond substituents is 2. The molecule has 88 valence electrons. The van der Waals surface area contributed by atoms with Crippen LogP contribution in [0.4, 0.5) is 0 Å². The van der Waals surface area contributed by atoms with Crippen LogP contribution in [-0.2, 0) is 0 Å². The summed E-state index contributed by atoms with van der Waals surface area (Å²) >= 11 is 0. The second-order valence-corrected chi connectivity index (χ2v) is 4.67. The Morgan fingerprint density at radius 1 is 1.12 bits per heavy atom. The molecule has 0 unspecified atom stereocenters. The summed E-state index contributed by atoms with van der Waals surface area (Å²) in [5.41, 5.74) is 6.84. The van der Waals surface area contributed by atoms with Gasteiger partial charge in [0.25, 0.3) is 0 Å². The number of benzene rings is 1. The molecule has 1 aromatic rings. The van der Waals surface area contributed by atoms with Gasteiger partial charge in [0.15, 0.2) is 0 Å². The summed E-state index contributed by atoms with van der Waals surface area (Å²) in [5.74, 6) is 0.788. The second-order valence-electron chi connectivity index (χ2n) is 4.67. The minimum Gasteiger partial charge on any atom is -0.508 e. The smallest absolute Gasteiger partial charge is 0.120 e. The minimum absolute atomic E-state index is 0.160. The first-order valence-corrected chi connectivity index (χ1v) is 5.96. The lowest BCUT2D eigenvalue weighted by Gasteiger charge is -2.28. The summed E-state index contributed by atoms with van der Waals surface area (Å²) in [5, 5.41) is 19.2. The van der Waals surface area contributed by atoms with E-state index in [1.54, 1.807) is 6.07 Å². The summed E-state index contributed by atoms with van der Waals surface area (Å²) in [6.45, 7) is 0. The predicted molar refractivity (Wildman–Crippen MR) is 63.3 cm³/mol. The average Bonchev–Trinajstić information content (AvgIpc) is 2.32. The number of rotatable bonds is 2. The molecule has 1 fully saturated rings. The van der Waals surface area contributed by atoms with Gasteiger partial charge in [0.2, 0.25) is 0 Å². The van der Waals surface area contributed by atoms with Gasteiger partial charge in [0.1, 0.15) is 11.5 Å². The van der Waals surface area contributed by atoms with Crippen LogP contribution < -0.4 is 5.73 Å². The van der Waals surface area contributed by atoms with E-state index < -0.39 is 0 Å². The lowest BCUT2D eigenvalue weighted by Crippen LogP contribution is -2.23. The maximum atomic E-state index is 9.74. The van der Waals surface area contributed by atoms with Crippen molar-refractivity contribution in [3.05, 3.63) is 23.8 Å². The number of hydrogen-bond donors (Lipinski definition) is 3. The second kappa shape index (κ2) is 4.74. The number of hydrogen-bond acceptors (Lipinski definition) is 3.